The van der Waals surface area contributed by atoms with Gasteiger partial charge in [0.1, 0.15) is 12.0 Å². The molecule has 0 saturated heterocycles. The van der Waals surface area contributed by atoms with E-state index in [0.29, 0.717) is 45.0 Å². The first-order valence-corrected chi connectivity index (χ1v) is 10.1. The van der Waals surface area contributed by atoms with Crippen LogP contribution in [0.5, 0.6) is 17.2 Å². The molecule has 0 aliphatic rings. The number of benzene rings is 2. The average molecular weight is 460 g/mol. The number of nitrogens with zero attached hydrogens (tertiary/aromatic N) is 3. The lowest BCUT2D eigenvalue weighted by Gasteiger charge is -2.15. The number of nitrogens with one attached hydrogen (secondary N) is 1. The number of nitro groups is 1. The number of fused-ring (bicyclic) bond motifs is 1. The van der Waals surface area contributed by atoms with Gasteiger partial charge in [-0.05, 0) is 30.3 Å². The molecule has 0 bridgehead atoms. The predicted octanol–water partition coefficient (Wildman–Crippen LogP) is 4.48. The van der Waals surface area contributed by atoms with Crippen molar-refractivity contribution in [3.05, 3.63) is 76.5 Å². The lowest BCUT2D eigenvalue weighted by atomic mass is 10.0. The van der Waals surface area contributed by atoms with Crippen LogP contribution >= 0.6 is 0 Å². The van der Waals surface area contributed by atoms with Crippen LogP contribution in [-0.2, 0) is 0 Å². The Labute approximate surface area is 194 Å². The molecule has 10 heteroatoms. The molecular formula is C24H20N4O6. The van der Waals surface area contributed by atoms with Crippen LogP contribution in [0.4, 0.5) is 11.5 Å². The summed E-state index contributed by atoms with van der Waals surface area (Å²) in [4.78, 5) is 32.2. The third kappa shape index (κ3) is 4.29. The Kier molecular flexibility index (Phi) is 6.22. The Hall–Kier alpha value is -4.73. The van der Waals surface area contributed by atoms with Gasteiger partial charge in [-0.1, -0.05) is 18.2 Å². The van der Waals surface area contributed by atoms with Gasteiger partial charge in [-0.3, -0.25) is 14.9 Å². The van der Waals surface area contributed by atoms with E-state index in [0.717, 1.165) is 6.20 Å². The fraction of sp³-hybridized carbons (Fsp3) is 0.125. The molecule has 1 amide bonds. The molecular weight excluding hydrogens is 440 g/mol. The monoisotopic (exact) mass is 460 g/mol. The molecule has 2 aromatic carbocycles. The molecule has 0 aliphatic heterocycles. The zero-order chi connectivity index (χ0) is 24.2. The van der Waals surface area contributed by atoms with Crippen LogP contribution < -0.4 is 19.5 Å². The quantitative estimate of drug-likeness (QED) is 0.316. The molecule has 0 unspecified atom stereocenters. The van der Waals surface area contributed by atoms with E-state index in [2.05, 4.69) is 10.3 Å². The number of aromatic nitrogens is 2. The number of carbonyl (C=O) groups excluding carboxylic acids is 1. The highest BCUT2D eigenvalue weighted by atomic mass is 16.6. The highest BCUT2D eigenvalue weighted by Crippen LogP contribution is 2.41. The average Bonchev–Trinajstić information content (AvgIpc) is 2.87. The van der Waals surface area contributed by atoms with E-state index in [9.17, 15) is 14.9 Å². The van der Waals surface area contributed by atoms with Gasteiger partial charge in [0.2, 0.25) is 5.75 Å². The molecule has 2 heterocycles. The smallest absolute Gasteiger partial charge is 0.287 e. The normalized spacial score (nSPS) is 10.6. The van der Waals surface area contributed by atoms with Crippen LogP contribution in [0.1, 0.15) is 10.4 Å². The lowest BCUT2D eigenvalue weighted by molar-refractivity contribution is -0.385. The summed E-state index contributed by atoms with van der Waals surface area (Å²) in [6, 6.07) is 15.0. The first kappa shape index (κ1) is 22.5. The van der Waals surface area contributed by atoms with Crippen molar-refractivity contribution in [1.82, 2.24) is 9.97 Å². The van der Waals surface area contributed by atoms with E-state index >= 15 is 0 Å². The Morgan fingerprint density at radius 3 is 2.26 bits per heavy atom. The largest absolute Gasteiger partial charge is 0.493 e. The molecule has 4 rings (SSSR count). The molecule has 0 spiro atoms. The summed E-state index contributed by atoms with van der Waals surface area (Å²) in [6.45, 7) is 0. The van der Waals surface area contributed by atoms with E-state index < -0.39 is 10.8 Å². The number of carbonyl (C=O) groups is 1. The zero-order valence-electron chi connectivity index (χ0n) is 18.6. The van der Waals surface area contributed by atoms with Crippen molar-refractivity contribution in [2.45, 2.75) is 0 Å². The molecule has 34 heavy (non-hydrogen) atoms. The van der Waals surface area contributed by atoms with Gasteiger partial charge in [0.15, 0.2) is 11.5 Å². The molecule has 172 valence electrons. The van der Waals surface area contributed by atoms with Crippen molar-refractivity contribution >= 4 is 28.3 Å². The molecule has 2 aromatic heterocycles. The standard InChI is InChI=1S/C24H20N4O6/c1-32-20-10-14(11-21(33-2)23(20)34-3)19-12-17(16-6-4-5-7-18(16)26-19)24(29)27-22-9-8-15(13-25-22)28(30)31/h4-13H,1-3H3,(H,25,27,29). The highest BCUT2D eigenvalue weighted by Gasteiger charge is 2.19. The maximum atomic E-state index is 13.2. The van der Waals surface area contributed by atoms with Gasteiger partial charge in [-0.25, -0.2) is 9.97 Å². The SMILES string of the molecule is COc1cc(-c2cc(C(=O)Nc3ccc([N+](=O)[O-])cn3)c3ccccc3n2)cc(OC)c1OC. The van der Waals surface area contributed by atoms with E-state index in [4.69, 9.17) is 19.2 Å². The van der Waals surface area contributed by atoms with E-state index in [1.165, 1.54) is 33.5 Å². The van der Waals surface area contributed by atoms with E-state index in [1.807, 2.05) is 12.1 Å². The van der Waals surface area contributed by atoms with Gasteiger partial charge >= 0.3 is 0 Å². The van der Waals surface area contributed by atoms with Crippen LogP contribution in [0.15, 0.2) is 60.8 Å². The summed E-state index contributed by atoms with van der Waals surface area (Å²) >= 11 is 0. The first-order chi connectivity index (χ1) is 16.4. The molecule has 0 radical (unpaired) electrons. The van der Waals surface area contributed by atoms with Gasteiger partial charge in [0.05, 0.1) is 43.0 Å². The molecule has 0 saturated carbocycles. The maximum Gasteiger partial charge on any atom is 0.287 e. The Bertz CT molecular complexity index is 1360. The summed E-state index contributed by atoms with van der Waals surface area (Å²) in [7, 11) is 4.55. The van der Waals surface area contributed by atoms with Gasteiger partial charge in [0.25, 0.3) is 11.6 Å². The van der Waals surface area contributed by atoms with Gasteiger partial charge in [0, 0.05) is 17.0 Å². The predicted molar refractivity (Wildman–Crippen MR) is 126 cm³/mol. The highest BCUT2D eigenvalue weighted by molar-refractivity contribution is 6.12. The van der Waals surface area contributed by atoms with Crippen molar-refractivity contribution in [3.63, 3.8) is 0 Å². The van der Waals surface area contributed by atoms with Crippen molar-refractivity contribution in [1.29, 1.82) is 0 Å². The summed E-state index contributed by atoms with van der Waals surface area (Å²) in [5, 5.41) is 14.2. The van der Waals surface area contributed by atoms with E-state index in [1.54, 1.807) is 30.3 Å². The molecule has 0 aliphatic carbocycles. The lowest BCUT2D eigenvalue weighted by Crippen LogP contribution is -2.14. The van der Waals surface area contributed by atoms with Crippen LogP contribution in [0, 0.1) is 10.1 Å². The van der Waals surface area contributed by atoms with Gasteiger partial charge in [-0.15, -0.1) is 0 Å². The number of rotatable bonds is 7. The van der Waals surface area contributed by atoms with Crippen LogP contribution in [0.3, 0.4) is 0 Å². The Morgan fingerprint density at radius 2 is 1.68 bits per heavy atom. The summed E-state index contributed by atoms with van der Waals surface area (Å²) in [5.74, 6) is 1.09. The fourth-order valence-electron chi connectivity index (χ4n) is 3.49. The van der Waals surface area contributed by atoms with E-state index in [-0.39, 0.29) is 11.5 Å². The second-order valence-corrected chi connectivity index (χ2v) is 7.10. The zero-order valence-corrected chi connectivity index (χ0v) is 18.6. The molecule has 0 atom stereocenters. The number of anilines is 1. The third-order valence-electron chi connectivity index (χ3n) is 5.12. The fourth-order valence-corrected chi connectivity index (χ4v) is 3.49. The van der Waals surface area contributed by atoms with Gasteiger partial charge in [-0.2, -0.15) is 0 Å². The Morgan fingerprint density at radius 1 is 0.971 bits per heavy atom. The van der Waals surface area contributed by atoms with Gasteiger partial charge < -0.3 is 19.5 Å². The number of amides is 1. The third-order valence-corrected chi connectivity index (χ3v) is 5.12. The summed E-state index contributed by atoms with van der Waals surface area (Å²) < 4.78 is 16.3. The minimum absolute atomic E-state index is 0.169. The number of pyridine rings is 2. The molecule has 0 fully saturated rings. The topological polar surface area (TPSA) is 126 Å². The van der Waals surface area contributed by atoms with Crippen LogP contribution in [-0.4, -0.2) is 42.1 Å². The second kappa shape index (κ2) is 9.41. The molecule has 10 nitrogen and oxygen atoms in total. The summed E-state index contributed by atoms with van der Waals surface area (Å²) in [6.07, 6.45) is 1.08. The number of methoxy groups -OCH3 is 3. The van der Waals surface area contributed by atoms with Crippen molar-refractivity contribution in [2.75, 3.05) is 26.6 Å². The maximum absolute atomic E-state index is 13.2. The number of ether oxygens (including phenoxy) is 3. The number of hydrogen-bond acceptors (Lipinski definition) is 8. The first-order valence-electron chi connectivity index (χ1n) is 10.1. The molecule has 4 aromatic rings. The van der Waals surface area contributed by atoms with Crippen molar-refractivity contribution < 1.29 is 23.9 Å². The summed E-state index contributed by atoms with van der Waals surface area (Å²) in [5.41, 5.74) is 1.96. The van der Waals surface area contributed by atoms with Crippen molar-refractivity contribution in [2.24, 2.45) is 0 Å². The second-order valence-electron chi connectivity index (χ2n) is 7.10. The van der Waals surface area contributed by atoms with Crippen molar-refractivity contribution in [3.8, 4) is 28.5 Å². The van der Waals surface area contributed by atoms with Crippen LogP contribution in [0.25, 0.3) is 22.2 Å². The minimum Gasteiger partial charge on any atom is -0.493 e. The number of para-hydroxylation sites is 1. The van der Waals surface area contributed by atoms with Crippen LogP contribution in [0.2, 0.25) is 0 Å². The Balaban J connectivity index is 1.80. The minimum atomic E-state index is -0.557. The number of hydrogen-bond donors (Lipinski definition) is 1. The molecule has 1 N–H and O–H groups in total.